The van der Waals surface area contributed by atoms with Gasteiger partial charge in [0.25, 0.3) is 0 Å². The third-order valence-corrected chi connectivity index (χ3v) is 2.99. The van der Waals surface area contributed by atoms with E-state index in [9.17, 15) is 9.36 Å². The fourth-order valence-electron chi connectivity index (χ4n) is 1.20. The average molecular weight is 229 g/mol. The van der Waals surface area contributed by atoms with Crippen molar-refractivity contribution in [2.24, 2.45) is 16.7 Å². The standard InChI is InChI=1S/C5H13N4O2P.ClH/c6-4-2-1-3-9(5(4)10)12(7,8)11;/h4H,1-3,6H2,(H4,7,8,11);1H/t4-;/m0./s1. The molecule has 13 heavy (non-hydrogen) atoms. The van der Waals surface area contributed by atoms with Crippen LogP contribution in [0.1, 0.15) is 12.8 Å². The molecule has 1 aliphatic heterocycles. The Hall–Kier alpha value is -0.130. The van der Waals surface area contributed by atoms with Gasteiger partial charge in [-0.2, -0.15) is 0 Å². The molecule has 0 unspecified atom stereocenters. The Kier molecular flexibility index (Phi) is 4.35. The molecule has 0 radical (unpaired) electrons. The summed E-state index contributed by atoms with van der Waals surface area (Å²) in [5.41, 5.74) is 15.7. The van der Waals surface area contributed by atoms with Crippen LogP contribution in [0.5, 0.6) is 0 Å². The van der Waals surface area contributed by atoms with Crippen LogP contribution in [0.4, 0.5) is 0 Å². The summed E-state index contributed by atoms with van der Waals surface area (Å²) in [6.07, 6.45) is 1.31. The van der Waals surface area contributed by atoms with Gasteiger partial charge in [-0.3, -0.25) is 25.0 Å². The molecule has 6 nitrogen and oxygen atoms in total. The Labute approximate surface area is 82.7 Å². The number of carbonyl (C=O) groups excluding carboxylic acids is 1. The molecule has 1 saturated heterocycles. The summed E-state index contributed by atoms with van der Waals surface area (Å²) in [4.78, 5) is 11.2. The Balaban J connectivity index is 0.00000144. The van der Waals surface area contributed by atoms with Gasteiger partial charge in [0, 0.05) is 6.54 Å². The molecule has 0 aromatic rings. The molecule has 0 aliphatic carbocycles. The molecular weight excluding hydrogens is 215 g/mol. The molecule has 1 heterocycles. The largest absolute Gasteiger partial charge is 0.320 e. The van der Waals surface area contributed by atoms with Gasteiger partial charge in [0.15, 0.2) is 0 Å². The normalized spacial score (nSPS) is 24.1. The minimum atomic E-state index is -3.43. The molecular formula is C5H14ClN4O2P. The van der Waals surface area contributed by atoms with Crippen LogP contribution >= 0.6 is 20.0 Å². The minimum absolute atomic E-state index is 0. The Morgan fingerprint density at radius 2 is 2.00 bits per heavy atom. The molecule has 0 saturated carbocycles. The van der Waals surface area contributed by atoms with Crippen molar-refractivity contribution in [1.82, 2.24) is 4.67 Å². The first-order chi connectivity index (χ1) is 5.43. The van der Waals surface area contributed by atoms with Gasteiger partial charge in [0.2, 0.25) is 5.91 Å². The smallest absolute Gasteiger partial charge is 0.302 e. The first-order valence-electron chi connectivity index (χ1n) is 3.67. The second-order valence-electron chi connectivity index (χ2n) is 2.88. The van der Waals surface area contributed by atoms with Crippen molar-refractivity contribution in [2.75, 3.05) is 6.54 Å². The predicted molar refractivity (Wildman–Crippen MR) is 52.2 cm³/mol. The zero-order valence-electron chi connectivity index (χ0n) is 7.05. The Bertz CT molecular complexity index is 243. The van der Waals surface area contributed by atoms with E-state index < -0.39 is 19.5 Å². The zero-order chi connectivity index (χ0) is 9.35. The number of hydrogen-bond acceptors (Lipinski definition) is 3. The number of nitrogens with two attached hydrogens (primary N) is 3. The molecule has 0 spiro atoms. The third kappa shape index (κ3) is 2.93. The zero-order valence-corrected chi connectivity index (χ0v) is 8.76. The lowest BCUT2D eigenvalue weighted by Gasteiger charge is -2.32. The number of nitrogens with zero attached hydrogens (tertiary/aromatic N) is 1. The van der Waals surface area contributed by atoms with Crippen molar-refractivity contribution < 1.29 is 9.36 Å². The molecule has 1 aliphatic rings. The quantitative estimate of drug-likeness (QED) is 0.518. The van der Waals surface area contributed by atoms with Crippen LogP contribution in [0.25, 0.3) is 0 Å². The summed E-state index contributed by atoms with van der Waals surface area (Å²) in [6.45, 7) is 0.344. The molecule has 78 valence electrons. The van der Waals surface area contributed by atoms with Gasteiger partial charge in [-0.25, -0.2) is 0 Å². The van der Waals surface area contributed by atoms with Crippen LogP contribution in [-0.2, 0) is 9.36 Å². The molecule has 8 heteroatoms. The van der Waals surface area contributed by atoms with Crippen LogP contribution in [0.15, 0.2) is 0 Å². The number of halogens is 1. The first-order valence-corrected chi connectivity index (χ1v) is 5.47. The number of hydrogen-bond donors (Lipinski definition) is 3. The number of piperidine rings is 1. The lowest BCUT2D eigenvalue weighted by molar-refractivity contribution is -0.129. The van der Waals surface area contributed by atoms with Gasteiger partial charge < -0.3 is 5.73 Å². The lowest BCUT2D eigenvalue weighted by Crippen LogP contribution is -2.48. The lowest BCUT2D eigenvalue weighted by atomic mass is 10.1. The van der Waals surface area contributed by atoms with Crippen molar-refractivity contribution in [2.45, 2.75) is 18.9 Å². The molecule has 0 aromatic heterocycles. The highest BCUT2D eigenvalue weighted by Crippen LogP contribution is 2.34. The van der Waals surface area contributed by atoms with Crippen LogP contribution in [0, 0.1) is 0 Å². The maximum absolute atomic E-state index is 11.2. The fraction of sp³-hybridized carbons (Fsp3) is 0.800. The summed E-state index contributed by atoms with van der Waals surface area (Å²) in [5, 5.41) is 0. The minimum Gasteiger partial charge on any atom is -0.320 e. The monoisotopic (exact) mass is 228 g/mol. The van der Waals surface area contributed by atoms with E-state index in [4.69, 9.17) is 16.7 Å². The van der Waals surface area contributed by atoms with E-state index in [1.165, 1.54) is 0 Å². The van der Waals surface area contributed by atoms with E-state index >= 15 is 0 Å². The van der Waals surface area contributed by atoms with Gasteiger partial charge in [0.1, 0.15) is 0 Å². The highest BCUT2D eigenvalue weighted by Gasteiger charge is 2.33. The van der Waals surface area contributed by atoms with Crippen LogP contribution in [0.2, 0.25) is 0 Å². The van der Waals surface area contributed by atoms with E-state index in [-0.39, 0.29) is 12.4 Å². The van der Waals surface area contributed by atoms with E-state index in [1.54, 1.807) is 0 Å². The van der Waals surface area contributed by atoms with Crippen molar-refractivity contribution >= 4 is 25.9 Å². The van der Waals surface area contributed by atoms with E-state index in [0.717, 1.165) is 4.67 Å². The molecule has 1 amide bonds. The van der Waals surface area contributed by atoms with Gasteiger partial charge in [-0.15, -0.1) is 12.4 Å². The summed E-state index contributed by atoms with van der Waals surface area (Å²) in [5.74, 6) is -0.408. The Morgan fingerprint density at radius 3 is 2.38 bits per heavy atom. The number of rotatable bonds is 1. The molecule has 1 fully saturated rings. The van der Waals surface area contributed by atoms with Gasteiger partial charge in [0.05, 0.1) is 6.04 Å². The van der Waals surface area contributed by atoms with E-state index in [0.29, 0.717) is 19.4 Å². The Morgan fingerprint density at radius 1 is 1.46 bits per heavy atom. The molecule has 1 atom stereocenters. The van der Waals surface area contributed by atoms with Crippen molar-refractivity contribution in [3.8, 4) is 0 Å². The van der Waals surface area contributed by atoms with E-state index in [2.05, 4.69) is 0 Å². The van der Waals surface area contributed by atoms with Gasteiger partial charge in [-0.05, 0) is 12.8 Å². The highest BCUT2D eigenvalue weighted by molar-refractivity contribution is 7.57. The fourth-order valence-corrected chi connectivity index (χ4v) is 2.11. The third-order valence-electron chi connectivity index (χ3n) is 1.83. The molecule has 0 aromatic carbocycles. The van der Waals surface area contributed by atoms with Crippen LogP contribution in [0.3, 0.4) is 0 Å². The van der Waals surface area contributed by atoms with E-state index in [1.807, 2.05) is 0 Å². The SMILES string of the molecule is Cl.N[C@H]1CCCN(P(N)(N)=O)C1=O. The van der Waals surface area contributed by atoms with Gasteiger partial charge in [-0.1, -0.05) is 0 Å². The molecule has 6 N–H and O–H groups in total. The predicted octanol–water partition coefficient (Wildman–Crippen LogP) is -0.617. The number of carbonyl (C=O) groups is 1. The van der Waals surface area contributed by atoms with Crippen molar-refractivity contribution in [1.29, 1.82) is 0 Å². The summed E-state index contributed by atoms with van der Waals surface area (Å²) in [7, 11) is -3.43. The summed E-state index contributed by atoms with van der Waals surface area (Å²) in [6, 6.07) is -0.598. The summed E-state index contributed by atoms with van der Waals surface area (Å²) >= 11 is 0. The van der Waals surface area contributed by atoms with Gasteiger partial charge >= 0.3 is 7.59 Å². The van der Waals surface area contributed by atoms with Crippen LogP contribution < -0.4 is 16.7 Å². The average Bonchev–Trinajstić information content (AvgIpc) is 1.92. The second kappa shape index (κ2) is 4.39. The maximum Gasteiger partial charge on any atom is 0.302 e. The molecule has 0 bridgehead atoms. The molecule has 1 rings (SSSR count). The maximum atomic E-state index is 11.2. The topological polar surface area (TPSA) is 115 Å². The highest BCUT2D eigenvalue weighted by atomic mass is 35.5. The summed E-state index contributed by atoms with van der Waals surface area (Å²) < 4.78 is 12.1. The second-order valence-corrected chi connectivity index (χ2v) is 4.71. The van der Waals surface area contributed by atoms with Crippen LogP contribution in [-0.4, -0.2) is 23.2 Å². The first kappa shape index (κ1) is 12.9. The number of amides is 1. The van der Waals surface area contributed by atoms with Crippen molar-refractivity contribution in [3.63, 3.8) is 0 Å². The van der Waals surface area contributed by atoms with Crippen molar-refractivity contribution in [3.05, 3.63) is 0 Å².